The topological polar surface area (TPSA) is 162 Å². The Morgan fingerprint density at radius 1 is 0.848 bits per heavy atom. The molecule has 1 aliphatic rings. The van der Waals surface area contributed by atoms with Crippen LogP contribution in [0.4, 0.5) is 0 Å². The van der Waals surface area contributed by atoms with Crippen molar-refractivity contribution in [1.82, 2.24) is 5.09 Å². The van der Waals surface area contributed by atoms with Crippen LogP contribution in [0.3, 0.4) is 0 Å². The second-order valence-electron chi connectivity index (χ2n) is 8.21. The molecule has 1 heterocycles. The highest BCUT2D eigenvalue weighted by Gasteiger charge is 2.54. The lowest BCUT2D eigenvalue weighted by Gasteiger charge is -2.44. The summed E-state index contributed by atoms with van der Waals surface area (Å²) in [7, 11) is -2.94. The first kappa shape index (κ1) is 29.0. The zero-order valence-electron chi connectivity index (χ0n) is 19.9. The van der Waals surface area contributed by atoms with E-state index in [4.69, 9.17) is 32.7 Å². The molecule has 13 nitrogen and oxygen atoms in total. The Morgan fingerprint density at radius 2 is 1.33 bits per heavy atom. The SMILES string of the molecule is COP(=O)(NC(C)(C)C)O[C@@H]1O[C@H](COC(C)=O)[C@@H](OC(C)=O)[C@H](OC(C)=O)[C@H]1OC(C)=O. The summed E-state index contributed by atoms with van der Waals surface area (Å²) >= 11 is 0. The molecule has 0 radical (unpaired) electrons. The lowest BCUT2D eigenvalue weighted by Crippen LogP contribution is -2.63. The minimum absolute atomic E-state index is 0.443. The molecule has 1 saturated heterocycles. The number of carbonyl (C=O) groups is 4. The highest BCUT2D eigenvalue weighted by molar-refractivity contribution is 7.51. The van der Waals surface area contributed by atoms with Crippen molar-refractivity contribution >= 4 is 31.6 Å². The lowest BCUT2D eigenvalue weighted by molar-refractivity contribution is -0.290. The molecule has 0 aromatic rings. The van der Waals surface area contributed by atoms with Crippen LogP contribution in [0.5, 0.6) is 0 Å². The van der Waals surface area contributed by atoms with Gasteiger partial charge >= 0.3 is 31.6 Å². The molecule has 14 heteroatoms. The summed E-state index contributed by atoms with van der Waals surface area (Å²) in [5.74, 6) is -3.05. The van der Waals surface area contributed by atoms with Crippen molar-refractivity contribution in [3.8, 4) is 0 Å². The number of ether oxygens (including phenoxy) is 5. The predicted octanol–water partition coefficient (Wildman–Crippen LogP) is 1.23. The molecule has 0 bridgehead atoms. The standard InChI is InChI=1S/C19H32NO12P/c1-10(21)27-9-14-15(28-11(2)22)16(29-12(3)23)17(30-13(4)24)18(31-14)32-33(25,26-8)20-19(5,6)7/h14-18H,9H2,1-8H3,(H,20,25)/t14-,15-,16+,17-,18+,33?/m1/s1. The molecule has 1 aliphatic heterocycles. The van der Waals surface area contributed by atoms with Gasteiger partial charge < -0.3 is 28.2 Å². The average Bonchev–Trinajstić information content (AvgIpc) is 2.62. The first-order chi connectivity index (χ1) is 15.1. The van der Waals surface area contributed by atoms with E-state index in [9.17, 15) is 23.7 Å². The van der Waals surface area contributed by atoms with Crippen molar-refractivity contribution in [2.45, 2.75) is 84.7 Å². The maximum absolute atomic E-state index is 13.2. The largest absolute Gasteiger partial charge is 0.463 e. The van der Waals surface area contributed by atoms with Crippen LogP contribution in [0.1, 0.15) is 48.5 Å². The zero-order chi connectivity index (χ0) is 25.6. The molecule has 0 amide bonds. The van der Waals surface area contributed by atoms with E-state index < -0.39 is 74.5 Å². The quantitative estimate of drug-likeness (QED) is 0.275. The molecular formula is C19H32NO12P. The maximum atomic E-state index is 13.2. The molecule has 1 unspecified atom stereocenters. The Bertz CT molecular complexity index is 779. The highest BCUT2D eigenvalue weighted by atomic mass is 31.2. The van der Waals surface area contributed by atoms with Crippen LogP contribution in [0.25, 0.3) is 0 Å². The molecule has 1 rings (SSSR count). The van der Waals surface area contributed by atoms with Gasteiger partial charge in [-0.3, -0.25) is 23.7 Å². The van der Waals surface area contributed by atoms with Gasteiger partial charge in [0.25, 0.3) is 0 Å². The first-order valence-corrected chi connectivity index (χ1v) is 11.5. The fourth-order valence-corrected chi connectivity index (χ4v) is 4.43. The first-order valence-electron chi connectivity index (χ1n) is 10.0. The third-order valence-corrected chi connectivity index (χ3v) is 5.81. The number of hydrogen-bond acceptors (Lipinski definition) is 12. The van der Waals surface area contributed by atoms with Crippen LogP contribution in [0.2, 0.25) is 0 Å². The van der Waals surface area contributed by atoms with Gasteiger partial charge in [-0.05, 0) is 20.8 Å². The minimum atomic E-state index is -4.07. The molecule has 33 heavy (non-hydrogen) atoms. The fourth-order valence-electron chi connectivity index (χ4n) is 2.94. The Kier molecular flexibility index (Phi) is 10.4. The van der Waals surface area contributed by atoms with Crippen LogP contribution in [-0.2, 0) is 56.5 Å². The Morgan fingerprint density at radius 3 is 1.76 bits per heavy atom. The summed E-state index contributed by atoms with van der Waals surface area (Å²) in [6.07, 6.45) is -7.19. The third kappa shape index (κ3) is 9.76. The molecule has 0 aromatic carbocycles. The van der Waals surface area contributed by atoms with Gasteiger partial charge in [0, 0.05) is 40.3 Å². The molecule has 0 aliphatic carbocycles. The van der Waals surface area contributed by atoms with E-state index in [-0.39, 0.29) is 0 Å². The zero-order valence-corrected chi connectivity index (χ0v) is 20.8. The van der Waals surface area contributed by atoms with E-state index in [1.807, 2.05) is 0 Å². The van der Waals surface area contributed by atoms with Gasteiger partial charge in [0.05, 0.1) is 0 Å². The van der Waals surface area contributed by atoms with Crippen molar-refractivity contribution < 1.29 is 56.5 Å². The van der Waals surface area contributed by atoms with Gasteiger partial charge in [0.15, 0.2) is 18.3 Å². The number of esters is 4. The molecule has 1 fully saturated rings. The Labute approximate surface area is 192 Å². The van der Waals surface area contributed by atoms with E-state index in [2.05, 4.69) is 5.09 Å². The monoisotopic (exact) mass is 497 g/mol. The molecule has 1 N–H and O–H groups in total. The third-order valence-electron chi connectivity index (χ3n) is 3.90. The van der Waals surface area contributed by atoms with Crippen molar-refractivity contribution in [2.24, 2.45) is 0 Å². The van der Waals surface area contributed by atoms with Crippen LogP contribution in [0.15, 0.2) is 0 Å². The van der Waals surface area contributed by atoms with Gasteiger partial charge in [0.2, 0.25) is 6.29 Å². The summed E-state index contributed by atoms with van der Waals surface area (Å²) in [6, 6.07) is 0. The second-order valence-corrected chi connectivity index (χ2v) is 10.0. The van der Waals surface area contributed by atoms with Crippen LogP contribution in [0, 0.1) is 0 Å². The normalized spacial score (nSPS) is 27.1. The molecule has 190 valence electrons. The van der Waals surface area contributed by atoms with E-state index in [1.165, 1.54) is 0 Å². The van der Waals surface area contributed by atoms with Crippen molar-refractivity contribution in [3.63, 3.8) is 0 Å². The van der Waals surface area contributed by atoms with Gasteiger partial charge in [-0.15, -0.1) is 0 Å². The summed E-state index contributed by atoms with van der Waals surface area (Å²) in [6.45, 7) is 9.08. The van der Waals surface area contributed by atoms with Gasteiger partial charge in [-0.25, -0.2) is 9.65 Å². The molecule has 0 saturated carbocycles. The molecule has 0 spiro atoms. The molecule has 0 aromatic heterocycles. The minimum Gasteiger partial charge on any atom is -0.463 e. The Hall–Kier alpha value is -2.05. The number of hydrogen-bond donors (Lipinski definition) is 1. The lowest BCUT2D eigenvalue weighted by atomic mass is 9.98. The predicted molar refractivity (Wildman–Crippen MR) is 111 cm³/mol. The van der Waals surface area contributed by atoms with Crippen LogP contribution >= 0.6 is 7.75 Å². The van der Waals surface area contributed by atoms with Gasteiger partial charge in [-0.1, -0.05) is 0 Å². The Balaban J connectivity index is 3.47. The number of carbonyl (C=O) groups excluding carboxylic acids is 4. The van der Waals surface area contributed by atoms with Crippen molar-refractivity contribution in [1.29, 1.82) is 0 Å². The molecule has 6 atom stereocenters. The summed E-state index contributed by atoms with van der Waals surface area (Å²) in [5, 5.41) is 2.68. The van der Waals surface area contributed by atoms with Crippen molar-refractivity contribution in [3.05, 3.63) is 0 Å². The fraction of sp³-hybridized carbons (Fsp3) is 0.789. The van der Waals surface area contributed by atoms with E-state index >= 15 is 0 Å². The van der Waals surface area contributed by atoms with Crippen LogP contribution in [-0.4, -0.2) is 73.8 Å². The van der Waals surface area contributed by atoms with E-state index in [0.29, 0.717) is 0 Å². The second kappa shape index (κ2) is 11.9. The number of rotatable bonds is 9. The van der Waals surface area contributed by atoms with Crippen molar-refractivity contribution in [2.75, 3.05) is 13.7 Å². The summed E-state index contributed by atoms with van der Waals surface area (Å²) in [5.41, 5.74) is -0.732. The summed E-state index contributed by atoms with van der Waals surface area (Å²) in [4.78, 5) is 46.7. The summed E-state index contributed by atoms with van der Waals surface area (Å²) < 4.78 is 50.3. The maximum Gasteiger partial charge on any atom is 0.408 e. The van der Waals surface area contributed by atoms with Gasteiger partial charge in [0.1, 0.15) is 12.7 Å². The highest BCUT2D eigenvalue weighted by Crippen LogP contribution is 2.48. The van der Waals surface area contributed by atoms with E-state index in [0.717, 1.165) is 34.8 Å². The van der Waals surface area contributed by atoms with E-state index in [1.54, 1.807) is 20.8 Å². The average molecular weight is 497 g/mol. The van der Waals surface area contributed by atoms with Crippen LogP contribution < -0.4 is 5.09 Å². The van der Waals surface area contributed by atoms with Gasteiger partial charge in [-0.2, -0.15) is 0 Å². The smallest absolute Gasteiger partial charge is 0.408 e. The number of nitrogens with one attached hydrogen (secondary N) is 1. The molecular weight excluding hydrogens is 465 g/mol.